The van der Waals surface area contributed by atoms with Crippen molar-refractivity contribution < 1.29 is 4.79 Å². The van der Waals surface area contributed by atoms with Gasteiger partial charge in [-0.15, -0.1) is 0 Å². The Kier molecular flexibility index (Phi) is 7.62. The molecule has 1 aromatic carbocycles. The molecule has 0 aliphatic heterocycles. The van der Waals surface area contributed by atoms with Crippen LogP contribution < -0.4 is 0 Å². The zero-order chi connectivity index (χ0) is 16.5. The summed E-state index contributed by atoms with van der Waals surface area (Å²) >= 11 is 0. The van der Waals surface area contributed by atoms with E-state index in [1.807, 2.05) is 31.2 Å². The lowest BCUT2D eigenvalue weighted by Gasteiger charge is -2.25. The molecular weight excluding hydrogens is 274 g/mol. The van der Waals surface area contributed by atoms with Gasteiger partial charge in [-0.25, -0.2) is 0 Å². The van der Waals surface area contributed by atoms with Crippen LogP contribution in [0.25, 0.3) is 0 Å². The first-order valence-electron chi connectivity index (χ1n) is 8.02. The smallest absolute Gasteiger partial charge is 0.254 e. The molecule has 120 valence electrons. The van der Waals surface area contributed by atoms with Gasteiger partial charge in [0.05, 0.1) is 6.07 Å². The van der Waals surface area contributed by atoms with Gasteiger partial charge in [0.1, 0.15) is 6.54 Å². The average Bonchev–Trinajstić information content (AvgIpc) is 2.52. The van der Waals surface area contributed by atoms with Crippen molar-refractivity contribution in [1.29, 1.82) is 5.26 Å². The molecule has 0 radical (unpaired) electrons. The van der Waals surface area contributed by atoms with Crippen molar-refractivity contribution in [2.75, 3.05) is 19.6 Å². The Morgan fingerprint density at radius 1 is 1.23 bits per heavy atom. The van der Waals surface area contributed by atoms with Gasteiger partial charge in [0.2, 0.25) is 0 Å². The lowest BCUT2D eigenvalue weighted by molar-refractivity contribution is 0.0776. The molecular formula is C18H27N3O. The highest BCUT2D eigenvalue weighted by atomic mass is 16.2. The van der Waals surface area contributed by atoms with E-state index in [1.165, 1.54) is 5.56 Å². The largest absolute Gasteiger partial charge is 0.325 e. The zero-order valence-corrected chi connectivity index (χ0v) is 14.2. The number of nitrogens with zero attached hydrogens (tertiary/aromatic N) is 3. The number of carbonyl (C=O) groups excluding carboxylic acids is 1. The van der Waals surface area contributed by atoms with Crippen LogP contribution in [0, 0.1) is 11.3 Å². The van der Waals surface area contributed by atoms with Crippen LogP contribution in [0.5, 0.6) is 0 Å². The average molecular weight is 301 g/mol. The molecule has 1 amide bonds. The number of amides is 1. The minimum absolute atomic E-state index is 0.0637. The van der Waals surface area contributed by atoms with Crippen LogP contribution in [-0.4, -0.2) is 41.4 Å². The maximum Gasteiger partial charge on any atom is 0.254 e. The fraction of sp³-hybridized carbons (Fsp3) is 0.556. The van der Waals surface area contributed by atoms with Gasteiger partial charge in [0, 0.05) is 24.7 Å². The van der Waals surface area contributed by atoms with E-state index in [1.54, 1.807) is 4.90 Å². The van der Waals surface area contributed by atoms with Crippen molar-refractivity contribution in [3.05, 3.63) is 35.4 Å². The Bertz CT molecular complexity index is 502. The van der Waals surface area contributed by atoms with Crippen LogP contribution in [-0.2, 0) is 6.54 Å². The highest BCUT2D eigenvalue weighted by Crippen LogP contribution is 2.12. The van der Waals surface area contributed by atoms with Gasteiger partial charge in [-0.05, 0) is 44.5 Å². The Hall–Kier alpha value is -1.86. The topological polar surface area (TPSA) is 47.3 Å². The predicted molar refractivity (Wildman–Crippen MR) is 89.5 cm³/mol. The second-order valence-corrected chi connectivity index (χ2v) is 5.74. The molecule has 1 aromatic rings. The van der Waals surface area contributed by atoms with Gasteiger partial charge in [-0.1, -0.05) is 26.0 Å². The summed E-state index contributed by atoms with van der Waals surface area (Å²) in [6.07, 6.45) is 0.853. The molecule has 0 heterocycles. The Labute approximate surface area is 134 Å². The van der Waals surface area contributed by atoms with Gasteiger partial charge < -0.3 is 4.90 Å². The highest BCUT2D eigenvalue weighted by molar-refractivity contribution is 5.94. The third-order valence-electron chi connectivity index (χ3n) is 3.77. The van der Waals surface area contributed by atoms with Crippen molar-refractivity contribution in [3.63, 3.8) is 0 Å². The molecule has 0 spiro atoms. The Morgan fingerprint density at radius 3 is 2.32 bits per heavy atom. The van der Waals surface area contributed by atoms with E-state index in [9.17, 15) is 4.79 Å². The monoisotopic (exact) mass is 301 g/mol. The second-order valence-electron chi connectivity index (χ2n) is 5.74. The van der Waals surface area contributed by atoms with Gasteiger partial charge in [-0.2, -0.15) is 5.26 Å². The fourth-order valence-corrected chi connectivity index (χ4v) is 2.44. The molecule has 0 saturated heterocycles. The maximum absolute atomic E-state index is 12.4. The van der Waals surface area contributed by atoms with E-state index in [2.05, 4.69) is 31.7 Å². The summed E-state index contributed by atoms with van der Waals surface area (Å²) in [6.45, 7) is 11.2. The van der Waals surface area contributed by atoms with Gasteiger partial charge in [0.25, 0.3) is 5.91 Å². The summed E-state index contributed by atoms with van der Waals surface area (Å²) in [5.41, 5.74) is 1.86. The summed E-state index contributed by atoms with van der Waals surface area (Å²) < 4.78 is 0. The van der Waals surface area contributed by atoms with Crippen LogP contribution in [0.3, 0.4) is 0 Å². The third kappa shape index (κ3) is 5.16. The van der Waals surface area contributed by atoms with E-state index >= 15 is 0 Å². The predicted octanol–water partition coefficient (Wildman–Crippen LogP) is 3.29. The molecule has 4 nitrogen and oxygen atoms in total. The molecule has 4 heteroatoms. The van der Waals surface area contributed by atoms with Crippen molar-refractivity contribution in [2.24, 2.45) is 0 Å². The molecule has 1 rings (SSSR count). The van der Waals surface area contributed by atoms with Crippen molar-refractivity contribution in [3.8, 4) is 6.07 Å². The van der Waals surface area contributed by atoms with E-state index < -0.39 is 0 Å². The number of carbonyl (C=O) groups is 1. The van der Waals surface area contributed by atoms with Gasteiger partial charge >= 0.3 is 0 Å². The molecule has 0 aromatic heterocycles. The van der Waals surface area contributed by atoms with Crippen molar-refractivity contribution >= 4 is 5.91 Å². The SMILES string of the molecule is CCCN(CC#N)C(=O)c1ccc(CN(CC)C(C)C)cc1. The number of rotatable bonds is 8. The number of hydrogen-bond donors (Lipinski definition) is 0. The second kappa shape index (κ2) is 9.22. The lowest BCUT2D eigenvalue weighted by atomic mass is 10.1. The van der Waals surface area contributed by atoms with Gasteiger partial charge in [0.15, 0.2) is 0 Å². The summed E-state index contributed by atoms with van der Waals surface area (Å²) in [5, 5.41) is 8.83. The molecule has 0 aliphatic rings. The molecule has 0 saturated carbocycles. The van der Waals surface area contributed by atoms with Crippen molar-refractivity contribution in [1.82, 2.24) is 9.80 Å². The van der Waals surface area contributed by atoms with Crippen LogP contribution in [0.2, 0.25) is 0 Å². The number of nitriles is 1. The van der Waals surface area contributed by atoms with Crippen LogP contribution in [0.15, 0.2) is 24.3 Å². The first-order valence-corrected chi connectivity index (χ1v) is 8.02. The zero-order valence-electron chi connectivity index (χ0n) is 14.2. The Balaban J connectivity index is 2.79. The summed E-state index contributed by atoms with van der Waals surface area (Å²) in [7, 11) is 0. The summed E-state index contributed by atoms with van der Waals surface area (Å²) in [6, 6.07) is 10.3. The van der Waals surface area contributed by atoms with E-state index in [0.717, 1.165) is 19.5 Å². The summed E-state index contributed by atoms with van der Waals surface area (Å²) in [5.74, 6) is -0.0637. The normalized spacial score (nSPS) is 10.8. The number of hydrogen-bond acceptors (Lipinski definition) is 3. The van der Waals surface area contributed by atoms with E-state index in [-0.39, 0.29) is 12.5 Å². The molecule has 22 heavy (non-hydrogen) atoms. The first kappa shape index (κ1) is 18.2. The fourth-order valence-electron chi connectivity index (χ4n) is 2.44. The van der Waals surface area contributed by atoms with E-state index in [4.69, 9.17) is 5.26 Å². The van der Waals surface area contributed by atoms with Crippen LogP contribution >= 0.6 is 0 Å². The van der Waals surface area contributed by atoms with Crippen molar-refractivity contribution in [2.45, 2.75) is 46.7 Å². The first-order chi connectivity index (χ1) is 10.5. The van der Waals surface area contributed by atoms with Crippen LogP contribution in [0.4, 0.5) is 0 Å². The molecule has 0 N–H and O–H groups in total. The standard InChI is InChI=1S/C18H27N3O/c1-5-12-21(13-11-19)18(22)17-9-7-16(8-10-17)14-20(6-2)15(3)4/h7-10,15H,5-6,12-14H2,1-4H3. The molecule has 0 bridgehead atoms. The molecule has 0 aliphatic carbocycles. The van der Waals surface area contributed by atoms with E-state index in [0.29, 0.717) is 18.2 Å². The molecule has 0 fully saturated rings. The van der Waals surface area contributed by atoms with Gasteiger partial charge in [-0.3, -0.25) is 9.69 Å². The Morgan fingerprint density at radius 2 is 1.86 bits per heavy atom. The highest BCUT2D eigenvalue weighted by Gasteiger charge is 2.15. The molecule has 0 unspecified atom stereocenters. The third-order valence-corrected chi connectivity index (χ3v) is 3.77. The minimum atomic E-state index is -0.0637. The molecule has 0 atom stereocenters. The van der Waals surface area contributed by atoms with Crippen LogP contribution in [0.1, 0.15) is 50.0 Å². The summed E-state index contributed by atoms with van der Waals surface area (Å²) in [4.78, 5) is 16.4. The lowest BCUT2D eigenvalue weighted by Crippen LogP contribution is -2.32. The maximum atomic E-state index is 12.4. The number of benzene rings is 1. The quantitative estimate of drug-likeness (QED) is 0.692. The minimum Gasteiger partial charge on any atom is -0.325 e.